The van der Waals surface area contributed by atoms with E-state index in [0.29, 0.717) is 16.5 Å². The molecular weight excluding hydrogens is 324 g/mol. The summed E-state index contributed by atoms with van der Waals surface area (Å²) in [6.07, 6.45) is 5.52. The van der Waals surface area contributed by atoms with Crippen LogP contribution in [-0.4, -0.2) is 46.8 Å². The second kappa shape index (κ2) is 7.81. The van der Waals surface area contributed by atoms with Crippen molar-refractivity contribution in [2.24, 2.45) is 5.92 Å². The highest BCUT2D eigenvalue weighted by Crippen LogP contribution is 2.19. The molecular formula is C18H23ClN4O. The van der Waals surface area contributed by atoms with Crippen molar-refractivity contribution in [1.29, 1.82) is 0 Å². The minimum atomic E-state index is 0.0604. The van der Waals surface area contributed by atoms with E-state index in [4.69, 9.17) is 11.6 Å². The maximum atomic E-state index is 12.7. The van der Waals surface area contributed by atoms with Crippen LogP contribution >= 0.6 is 11.6 Å². The third-order valence-electron chi connectivity index (χ3n) is 4.49. The lowest BCUT2D eigenvalue weighted by Gasteiger charge is -2.31. The number of carbonyl (C=O) groups is 1. The largest absolute Gasteiger partial charge is 0.339 e. The van der Waals surface area contributed by atoms with Crippen molar-refractivity contribution in [2.45, 2.75) is 19.8 Å². The molecule has 1 aliphatic heterocycles. The molecule has 5 nitrogen and oxygen atoms in total. The summed E-state index contributed by atoms with van der Waals surface area (Å²) in [7, 11) is 0. The highest BCUT2D eigenvalue weighted by Gasteiger charge is 2.24. The molecule has 2 heterocycles. The Morgan fingerprint density at radius 1 is 1.38 bits per heavy atom. The number of hydrogen-bond donors (Lipinski definition) is 1. The molecule has 1 aromatic carbocycles. The molecule has 0 bridgehead atoms. The number of aromatic nitrogens is 2. The van der Waals surface area contributed by atoms with Gasteiger partial charge in [0.1, 0.15) is 0 Å². The van der Waals surface area contributed by atoms with Crippen molar-refractivity contribution < 1.29 is 4.79 Å². The number of nitrogens with one attached hydrogen (secondary N) is 1. The predicted octanol–water partition coefficient (Wildman–Crippen LogP) is 2.99. The fourth-order valence-corrected chi connectivity index (χ4v) is 3.25. The van der Waals surface area contributed by atoms with Crippen LogP contribution in [0.3, 0.4) is 0 Å². The van der Waals surface area contributed by atoms with Crippen molar-refractivity contribution in [3.8, 4) is 5.69 Å². The summed E-state index contributed by atoms with van der Waals surface area (Å²) in [4.78, 5) is 14.6. The fourth-order valence-electron chi connectivity index (χ4n) is 3.06. The van der Waals surface area contributed by atoms with Gasteiger partial charge < -0.3 is 10.2 Å². The van der Waals surface area contributed by atoms with Gasteiger partial charge in [-0.25, -0.2) is 4.68 Å². The zero-order chi connectivity index (χ0) is 16.9. The highest BCUT2D eigenvalue weighted by molar-refractivity contribution is 6.30. The van der Waals surface area contributed by atoms with E-state index in [9.17, 15) is 4.79 Å². The molecule has 0 atom stereocenters. The molecule has 0 radical (unpaired) electrons. The molecule has 1 aromatic heterocycles. The third-order valence-corrected chi connectivity index (χ3v) is 4.72. The Labute approximate surface area is 147 Å². The van der Waals surface area contributed by atoms with Crippen LogP contribution in [0.4, 0.5) is 0 Å². The van der Waals surface area contributed by atoms with Crippen molar-refractivity contribution in [3.05, 3.63) is 47.2 Å². The van der Waals surface area contributed by atoms with Crippen LogP contribution in [0.15, 0.2) is 36.7 Å². The topological polar surface area (TPSA) is 50.2 Å². The second-order valence-electron chi connectivity index (χ2n) is 6.20. The molecule has 0 saturated carbocycles. The summed E-state index contributed by atoms with van der Waals surface area (Å²) >= 11 is 6.01. The molecule has 0 aliphatic carbocycles. The molecule has 2 aromatic rings. The first-order chi connectivity index (χ1) is 11.7. The number of halogens is 1. The Morgan fingerprint density at radius 2 is 2.17 bits per heavy atom. The van der Waals surface area contributed by atoms with Crippen molar-refractivity contribution >= 4 is 17.5 Å². The Hall–Kier alpha value is -1.85. The number of nitrogens with zero attached hydrogens (tertiary/aromatic N) is 3. The van der Waals surface area contributed by atoms with Gasteiger partial charge in [0.15, 0.2) is 0 Å². The molecule has 0 unspecified atom stereocenters. The molecule has 1 N–H and O–H groups in total. The van der Waals surface area contributed by atoms with Crippen LogP contribution in [0.2, 0.25) is 5.02 Å². The maximum absolute atomic E-state index is 12.7. The third kappa shape index (κ3) is 3.97. The lowest BCUT2D eigenvalue weighted by Crippen LogP contribution is -2.40. The number of rotatable bonds is 5. The average molecular weight is 347 g/mol. The monoisotopic (exact) mass is 346 g/mol. The zero-order valence-corrected chi connectivity index (χ0v) is 14.7. The van der Waals surface area contributed by atoms with E-state index in [1.54, 1.807) is 17.1 Å². The zero-order valence-electron chi connectivity index (χ0n) is 13.9. The van der Waals surface area contributed by atoms with Gasteiger partial charge in [-0.1, -0.05) is 24.6 Å². The number of carbonyl (C=O) groups excluding carboxylic acids is 1. The van der Waals surface area contributed by atoms with Gasteiger partial charge in [0.2, 0.25) is 0 Å². The fraction of sp³-hybridized carbons (Fsp3) is 0.444. The predicted molar refractivity (Wildman–Crippen MR) is 95.7 cm³/mol. The lowest BCUT2D eigenvalue weighted by atomic mass is 9.96. The van der Waals surface area contributed by atoms with Crippen molar-refractivity contribution in [3.63, 3.8) is 0 Å². The number of hydrogen-bond acceptors (Lipinski definition) is 3. The molecule has 24 heavy (non-hydrogen) atoms. The smallest absolute Gasteiger partial charge is 0.257 e. The van der Waals surface area contributed by atoms with E-state index in [1.807, 2.05) is 29.2 Å². The van der Waals surface area contributed by atoms with Gasteiger partial charge in [-0.15, -0.1) is 0 Å². The quantitative estimate of drug-likeness (QED) is 0.905. The summed E-state index contributed by atoms with van der Waals surface area (Å²) in [5.41, 5.74) is 1.48. The summed E-state index contributed by atoms with van der Waals surface area (Å²) < 4.78 is 1.69. The van der Waals surface area contributed by atoms with Gasteiger partial charge in [0.25, 0.3) is 5.91 Å². The van der Waals surface area contributed by atoms with Gasteiger partial charge in [-0.05, 0) is 50.0 Å². The van der Waals surface area contributed by atoms with Crippen molar-refractivity contribution in [1.82, 2.24) is 20.0 Å². The van der Waals surface area contributed by atoms with Crippen LogP contribution < -0.4 is 5.32 Å². The van der Waals surface area contributed by atoms with E-state index < -0.39 is 0 Å². The van der Waals surface area contributed by atoms with Crippen LogP contribution in [-0.2, 0) is 0 Å². The van der Waals surface area contributed by atoms with Crippen molar-refractivity contribution in [2.75, 3.05) is 26.2 Å². The first-order valence-electron chi connectivity index (χ1n) is 8.48. The number of amides is 1. The molecule has 6 heteroatoms. The Morgan fingerprint density at radius 3 is 2.88 bits per heavy atom. The standard InChI is InChI=1S/C18H23ClN4O/c1-2-20-11-14-6-8-22(9-7-14)18(24)15-12-21-23(13-15)17-5-3-4-16(19)10-17/h3-5,10,12-14,20H,2,6-9,11H2,1H3. The minimum absolute atomic E-state index is 0.0604. The van der Waals surface area contributed by atoms with Crippen LogP contribution in [0.1, 0.15) is 30.1 Å². The van der Waals surface area contributed by atoms with Crippen LogP contribution in [0.5, 0.6) is 0 Å². The summed E-state index contributed by atoms with van der Waals surface area (Å²) in [5.74, 6) is 0.730. The first-order valence-corrected chi connectivity index (χ1v) is 8.85. The number of piperidine rings is 1. The lowest BCUT2D eigenvalue weighted by molar-refractivity contribution is 0.0690. The van der Waals surface area contributed by atoms with E-state index in [2.05, 4.69) is 17.3 Å². The average Bonchev–Trinajstić information content (AvgIpc) is 3.10. The minimum Gasteiger partial charge on any atom is -0.339 e. The Balaban J connectivity index is 1.62. The SMILES string of the molecule is CCNCC1CCN(C(=O)c2cnn(-c3cccc(Cl)c3)c2)CC1. The first kappa shape index (κ1) is 17.0. The number of benzene rings is 1. The summed E-state index contributed by atoms with van der Waals surface area (Å²) in [5, 5.41) is 8.34. The molecule has 1 aliphatic rings. The van der Waals surface area contributed by atoms with Gasteiger partial charge in [0.05, 0.1) is 17.4 Å². The van der Waals surface area contributed by atoms with E-state index in [-0.39, 0.29) is 5.91 Å². The van der Waals surface area contributed by atoms with Gasteiger partial charge in [-0.3, -0.25) is 4.79 Å². The van der Waals surface area contributed by atoms with Gasteiger partial charge in [0, 0.05) is 24.3 Å². The molecule has 128 valence electrons. The van der Waals surface area contributed by atoms with E-state index in [1.165, 1.54) is 0 Å². The van der Waals surface area contributed by atoms with E-state index in [0.717, 1.165) is 44.7 Å². The summed E-state index contributed by atoms with van der Waals surface area (Å²) in [6.45, 7) is 5.80. The highest BCUT2D eigenvalue weighted by atomic mass is 35.5. The molecule has 1 saturated heterocycles. The maximum Gasteiger partial charge on any atom is 0.257 e. The molecule has 0 spiro atoms. The van der Waals surface area contributed by atoms with Crippen LogP contribution in [0, 0.1) is 5.92 Å². The van der Waals surface area contributed by atoms with Gasteiger partial charge >= 0.3 is 0 Å². The molecule has 1 fully saturated rings. The van der Waals surface area contributed by atoms with Crippen LogP contribution in [0.25, 0.3) is 5.69 Å². The van der Waals surface area contributed by atoms with Gasteiger partial charge in [-0.2, -0.15) is 5.10 Å². The second-order valence-corrected chi connectivity index (χ2v) is 6.63. The molecule has 3 rings (SSSR count). The normalized spacial score (nSPS) is 15.7. The number of likely N-dealkylation sites (tertiary alicyclic amines) is 1. The summed E-state index contributed by atoms with van der Waals surface area (Å²) in [6, 6.07) is 7.43. The van der Waals surface area contributed by atoms with E-state index >= 15 is 0 Å². The Kier molecular flexibility index (Phi) is 5.53. The Bertz CT molecular complexity index is 692. The molecule has 1 amide bonds.